The van der Waals surface area contributed by atoms with Crippen molar-refractivity contribution in [2.45, 2.75) is 0 Å². The van der Waals surface area contributed by atoms with Crippen LogP contribution in [0.1, 0.15) is 0 Å². The molecular formula is C16H18NO5P. The van der Waals surface area contributed by atoms with Gasteiger partial charge in [-0.15, -0.1) is 6.58 Å². The van der Waals surface area contributed by atoms with Crippen molar-refractivity contribution in [3.05, 3.63) is 73.3 Å². The second kappa shape index (κ2) is 10.2. The first-order valence-corrected chi connectivity index (χ1v) is 8.17. The van der Waals surface area contributed by atoms with Crippen molar-refractivity contribution in [2.75, 3.05) is 6.54 Å². The summed E-state index contributed by atoms with van der Waals surface area (Å²) in [5.74, 6) is 0.573. The molecule has 122 valence electrons. The van der Waals surface area contributed by atoms with E-state index in [-0.39, 0.29) is 11.5 Å². The molecule has 0 heterocycles. The standard InChI is InChI=1S/C12H11O4P.C4H7NO/c13-17(14,15-11-7-3-1-4-8-11)16-12-9-5-2-6-10-12;1-2-3-5-4-6/h1-10H,(H,13,14);2,4H,1,3H2,(H,5,6). The topological polar surface area (TPSA) is 84.9 Å². The Hall–Kier alpha value is -2.56. The Morgan fingerprint density at radius 2 is 1.43 bits per heavy atom. The molecule has 0 aliphatic heterocycles. The van der Waals surface area contributed by atoms with Gasteiger partial charge in [-0.2, -0.15) is 0 Å². The summed E-state index contributed by atoms with van der Waals surface area (Å²) in [5.41, 5.74) is 0. The zero-order chi connectivity index (χ0) is 17.0. The second-order valence-electron chi connectivity index (χ2n) is 4.09. The summed E-state index contributed by atoms with van der Waals surface area (Å²) < 4.78 is 21.5. The first-order chi connectivity index (χ1) is 11.1. The SMILES string of the molecule is C=CCNC=O.O=P(O)(Oc1ccccc1)Oc1ccccc1. The van der Waals surface area contributed by atoms with Crippen LogP contribution in [0.3, 0.4) is 0 Å². The monoisotopic (exact) mass is 335 g/mol. The molecule has 0 fully saturated rings. The minimum Gasteiger partial charge on any atom is -0.395 e. The summed E-state index contributed by atoms with van der Waals surface area (Å²) in [5, 5.41) is 2.40. The largest absolute Gasteiger partial charge is 0.584 e. The average molecular weight is 335 g/mol. The number of benzene rings is 2. The Bertz CT molecular complexity index is 580. The van der Waals surface area contributed by atoms with Crippen LogP contribution in [0.15, 0.2) is 73.3 Å². The van der Waals surface area contributed by atoms with Crippen molar-refractivity contribution in [3.8, 4) is 11.5 Å². The highest BCUT2D eigenvalue weighted by atomic mass is 31.2. The lowest BCUT2D eigenvalue weighted by atomic mass is 10.3. The number of hydrogen-bond donors (Lipinski definition) is 2. The summed E-state index contributed by atoms with van der Waals surface area (Å²) in [6, 6.07) is 16.7. The smallest absolute Gasteiger partial charge is 0.395 e. The fourth-order valence-corrected chi connectivity index (χ4v) is 2.19. The third-order valence-corrected chi connectivity index (χ3v) is 3.16. The molecule has 0 radical (unpaired) electrons. The summed E-state index contributed by atoms with van der Waals surface area (Å²) in [7, 11) is -4.14. The second-order valence-corrected chi connectivity index (χ2v) is 5.39. The molecule has 0 saturated heterocycles. The predicted octanol–water partition coefficient (Wildman–Crippen LogP) is 3.16. The van der Waals surface area contributed by atoms with Crippen molar-refractivity contribution < 1.29 is 23.3 Å². The van der Waals surface area contributed by atoms with Gasteiger partial charge >= 0.3 is 7.82 Å². The Morgan fingerprint density at radius 1 is 1.00 bits per heavy atom. The van der Waals surface area contributed by atoms with Gasteiger partial charge in [0.05, 0.1) is 0 Å². The van der Waals surface area contributed by atoms with Crippen LogP contribution in [0.2, 0.25) is 0 Å². The van der Waals surface area contributed by atoms with Crippen LogP contribution in [0.4, 0.5) is 0 Å². The van der Waals surface area contributed by atoms with Gasteiger partial charge in [-0.1, -0.05) is 42.5 Å². The van der Waals surface area contributed by atoms with Crippen LogP contribution in [-0.4, -0.2) is 17.8 Å². The Balaban J connectivity index is 0.000000379. The van der Waals surface area contributed by atoms with Crippen molar-refractivity contribution >= 4 is 14.2 Å². The van der Waals surface area contributed by atoms with Crippen molar-refractivity contribution in [3.63, 3.8) is 0 Å². The number of amides is 1. The van der Waals surface area contributed by atoms with E-state index in [2.05, 4.69) is 11.9 Å². The van der Waals surface area contributed by atoms with Crippen molar-refractivity contribution in [1.82, 2.24) is 5.32 Å². The summed E-state index contributed by atoms with van der Waals surface area (Å²) in [4.78, 5) is 18.9. The summed E-state index contributed by atoms with van der Waals surface area (Å²) >= 11 is 0. The Labute approximate surface area is 135 Å². The quantitative estimate of drug-likeness (QED) is 0.351. The van der Waals surface area contributed by atoms with Gasteiger partial charge in [0.25, 0.3) is 0 Å². The maximum absolute atomic E-state index is 11.7. The van der Waals surface area contributed by atoms with Gasteiger partial charge < -0.3 is 14.4 Å². The van der Waals surface area contributed by atoms with E-state index in [0.717, 1.165) is 0 Å². The fraction of sp³-hybridized carbons (Fsp3) is 0.0625. The molecule has 0 aliphatic rings. The van der Waals surface area contributed by atoms with Gasteiger partial charge in [-0.05, 0) is 24.3 Å². The minimum absolute atomic E-state index is 0.286. The molecule has 2 aromatic carbocycles. The van der Waals surface area contributed by atoms with Crippen LogP contribution >= 0.6 is 7.82 Å². The molecule has 2 N–H and O–H groups in total. The van der Waals surface area contributed by atoms with Gasteiger partial charge in [0.1, 0.15) is 11.5 Å². The molecule has 0 aromatic heterocycles. The van der Waals surface area contributed by atoms with Gasteiger partial charge in [-0.3, -0.25) is 9.69 Å². The molecule has 0 bridgehead atoms. The van der Waals surface area contributed by atoms with Crippen LogP contribution in [0.25, 0.3) is 0 Å². The molecule has 0 atom stereocenters. The molecule has 2 rings (SSSR count). The van der Waals surface area contributed by atoms with Crippen molar-refractivity contribution in [1.29, 1.82) is 0 Å². The highest BCUT2D eigenvalue weighted by Crippen LogP contribution is 2.43. The summed E-state index contributed by atoms with van der Waals surface area (Å²) in [6.07, 6.45) is 2.26. The molecule has 0 spiro atoms. The molecular weight excluding hydrogens is 317 g/mol. The molecule has 0 saturated carbocycles. The van der Waals surface area contributed by atoms with Crippen LogP contribution < -0.4 is 14.4 Å². The van der Waals surface area contributed by atoms with E-state index >= 15 is 0 Å². The molecule has 1 amide bonds. The third kappa shape index (κ3) is 8.46. The first kappa shape index (κ1) is 18.5. The number of hydrogen-bond acceptors (Lipinski definition) is 4. The third-order valence-electron chi connectivity index (χ3n) is 2.27. The van der Waals surface area contributed by atoms with E-state index in [1.165, 1.54) is 0 Å². The molecule has 23 heavy (non-hydrogen) atoms. The van der Waals surface area contributed by atoms with E-state index in [9.17, 15) is 14.3 Å². The number of phosphoric acid groups is 1. The molecule has 7 heteroatoms. The van der Waals surface area contributed by atoms with E-state index in [4.69, 9.17) is 9.05 Å². The average Bonchev–Trinajstić information content (AvgIpc) is 2.54. The highest BCUT2D eigenvalue weighted by molar-refractivity contribution is 7.48. The van der Waals surface area contributed by atoms with Gasteiger partial charge in [0.15, 0.2) is 0 Å². The Morgan fingerprint density at radius 3 is 1.74 bits per heavy atom. The molecule has 0 aliphatic carbocycles. The van der Waals surface area contributed by atoms with E-state index in [0.29, 0.717) is 13.0 Å². The normalized spacial score (nSPS) is 9.78. The summed E-state index contributed by atoms with van der Waals surface area (Å²) in [6.45, 7) is 3.94. The fourth-order valence-electron chi connectivity index (χ4n) is 1.38. The number of carbonyl (C=O) groups excluding carboxylic acids is 1. The van der Waals surface area contributed by atoms with E-state index in [1.54, 1.807) is 66.7 Å². The van der Waals surface area contributed by atoms with E-state index < -0.39 is 7.82 Å². The van der Waals surface area contributed by atoms with E-state index in [1.807, 2.05) is 0 Å². The Kier molecular flexibility index (Phi) is 8.21. The maximum atomic E-state index is 11.7. The lowest BCUT2D eigenvalue weighted by molar-refractivity contribution is -0.109. The maximum Gasteiger partial charge on any atom is 0.584 e. The predicted molar refractivity (Wildman–Crippen MR) is 88.2 cm³/mol. The number of nitrogens with one attached hydrogen (secondary N) is 1. The number of carbonyl (C=O) groups is 1. The van der Waals surface area contributed by atoms with Crippen LogP contribution in [-0.2, 0) is 9.36 Å². The lowest BCUT2D eigenvalue weighted by Gasteiger charge is -2.13. The van der Waals surface area contributed by atoms with Crippen LogP contribution in [0, 0.1) is 0 Å². The zero-order valence-electron chi connectivity index (χ0n) is 12.4. The molecule has 6 nitrogen and oxygen atoms in total. The molecule has 2 aromatic rings. The van der Waals surface area contributed by atoms with Crippen molar-refractivity contribution in [2.24, 2.45) is 0 Å². The lowest BCUT2D eigenvalue weighted by Crippen LogP contribution is -2.08. The minimum atomic E-state index is -4.14. The first-order valence-electron chi connectivity index (χ1n) is 6.67. The van der Waals surface area contributed by atoms with Crippen LogP contribution in [0.5, 0.6) is 11.5 Å². The number of rotatable bonds is 7. The highest BCUT2D eigenvalue weighted by Gasteiger charge is 2.24. The number of para-hydroxylation sites is 2. The molecule has 0 unspecified atom stereocenters. The van der Waals surface area contributed by atoms with Gasteiger partial charge in [0, 0.05) is 6.54 Å². The zero-order valence-corrected chi connectivity index (χ0v) is 13.3. The van der Waals surface area contributed by atoms with Gasteiger partial charge in [-0.25, -0.2) is 4.57 Å². The number of phosphoric ester groups is 1. The van der Waals surface area contributed by atoms with Gasteiger partial charge in [0.2, 0.25) is 6.41 Å².